The standard InChI is InChI=1S/C16H24BrNO/c1-9-8-13(17)11(3)14(16(9)19-5)15(18-4)10(2)12-6-7-12/h8,10,12,15,18H,6-7H2,1-5H3. The van der Waals surface area contributed by atoms with Gasteiger partial charge in [0.1, 0.15) is 5.75 Å². The first-order valence-electron chi connectivity index (χ1n) is 7.02. The first-order valence-corrected chi connectivity index (χ1v) is 7.81. The molecule has 106 valence electrons. The summed E-state index contributed by atoms with van der Waals surface area (Å²) in [6, 6.07) is 2.50. The lowest BCUT2D eigenvalue weighted by atomic mass is 9.86. The first kappa shape index (κ1) is 14.9. The summed E-state index contributed by atoms with van der Waals surface area (Å²) in [6.45, 7) is 6.64. The van der Waals surface area contributed by atoms with E-state index in [-0.39, 0.29) is 0 Å². The first-order chi connectivity index (χ1) is 9.01. The quantitative estimate of drug-likeness (QED) is 0.867. The zero-order valence-corrected chi connectivity index (χ0v) is 14.1. The van der Waals surface area contributed by atoms with E-state index < -0.39 is 0 Å². The van der Waals surface area contributed by atoms with E-state index >= 15 is 0 Å². The summed E-state index contributed by atoms with van der Waals surface area (Å²) in [5, 5.41) is 3.51. The Bertz CT molecular complexity index is 468. The normalized spacial score (nSPS) is 18.2. The minimum absolute atomic E-state index is 0.360. The number of nitrogens with one attached hydrogen (secondary N) is 1. The molecule has 0 spiro atoms. The van der Waals surface area contributed by atoms with E-state index in [2.05, 4.69) is 55.1 Å². The lowest BCUT2D eigenvalue weighted by Crippen LogP contribution is -2.26. The smallest absolute Gasteiger partial charge is 0.126 e. The second kappa shape index (κ2) is 5.84. The molecule has 1 saturated carbocycles. The molecule has 0 bridgehead atoms. The lowest BCUT2D eigenvalue weighted by molar-refractivity contribution is 0.344. The van der Waals surface area contributed by atoms with Crippen LogP contribution in [0.15, 0.2) is 10.5 Å². The van der Waals surface area contributed by atoms with Crippen molar-refractivity contribution in [3.63, 3.8) is 0 Å². The van der Waals surface area contributed by atoms with Gasteiger partial charge < -0.3 is 10.1 Å². The largest absolute Gasteiger partial charge is 0.496 e. The molecule has 3 heteroatoms. The van der Waals surface area contributed by atoms with E-state index in [1.54, 1.807) is 7.11 Å². The summed E-state index contributed by atoms with van der Waals surface area (Å²) in [4.78, 5) is 0. The highest BCUT2D eigenvalue weighted by Gasteiger charge is 2.35. The number of methoxy groups -OCH3 is 1. The van der Waals surface area contributed by atoms with Gasteiger partial charge in [0.05, 0.1) is 7.11 Å². The molecule has 0 heterocycles. The maximum Gasteiger partial charge on any atom is 0.126 e. The summed E-state index contributed by atoms with van der Waals surface area (Å²) in [5.74, 6) is 2.54. The number of halogens is 1. The van der Waals surface area contributed by atoms with Gasteiger partial charge in [-0.25, -0.2) is 0 Å². The monoisotopic (exact) mass is 325 g/mol. The molecule has 0 aliphatic heterocycles. The Hall–Kier alpha value is -0.540. The van der Waals surface area contributed by atoms with Crippen molar-refractivity contribution in [2.45, 2.75) is 39.7 Å². The third kappa shape index (κ3) is 2.82. The molecule has 2 nitrogen and oxygen atoms in total. The van der Waals surface area contributed by atoms with Crippen LogP contribution in [-0.2, 0) is 0 Å². The maximum absolute atomic E-state index is 5.68. The van der Waals surface area contributed by atoms with Gasteiger partial charge in [-0.15, -0.1) is 0 Å². The molecule has 0 amide bonds. The van der Waals surface area contributed by atoms with Crippen molar-refractivity contribution < 1.29 is 4.74 Å². The van der Waals surface area contributed by atoms with Crippen molar-refractivity contribution in [1.82, 2.24) is 5.32 Å². The van der Waals surface area contributed by atoms with E-state index in [1.807, 2.05) is 0 Å². The molecule has 2 unspecified atom stereocenters. The van der Waals surface area contributed by atoms with Crippen LogP contribution in [0.3, 0.4) is 0 Å². The second-order valence-electron chi connectivity index (χ2n) is 5.71. The molecule has 0 saturated heterocycles. The van der Waals surface area contributed by atoms with Crippen LogP contribution in [-0.4, -0.2) is 14.2 Å². The number of benzene rings is 1. The maximum atomic E-state index is 5.68. The minimum atomic E-state index is 0.360. The number of hydrogen-bond acceptors (Lipinski definition) is 2. The lowest BCUT2D eigenvalue weighted by Gasteiger charge is -2.28. The van der Waals surface area contributed by atoms with Gasteiger partial charge in [0.15, 0.2) is 0 Å². The average molecular weight is 326 g/mol. The second-order valence-corrected chi connectivity index (χ2v) is 6.56. The van der Waals surface area contributed by atoms with Gasteiger partial charge in [0.25, 0.3) is 0 Å². The molecular weight excluding hydrogens is 302 g/mol. The van der Waals surface area contributed by atoms with Crippen molar-refractivity contribution in [3.8, 4) is 5.75 Å². The van der Waals surface area contributed by atoms with E-state index in [1.165, 1.54) is 34.0 Å². The Morgan fingerprint density at radius 2 is 2.00 bits per heavy atom. The van der Waals surface area contributed by atoms with Gasteiger partial charge >= 0.3 is 0 Å². The molecule has 1 aliphatic rings. The summed E-state index contributed by atoms with van der Waals surface area (Å²) in [6.07, 6.45) is 2.74. The third-order valence-electron chi connectivity index (χ3n) is 4.43. The molecular formula is C16H24BrNO. The Labute approximate surface area is 125 Å². The SMILES string of the molecule is CNC(c1c(C)c(Br)cc(C)c1OC)C(C)C1CC1. The summed E-state index contributed by atoms with van der Waals surface area (Å²) in [5.41, 5.74) is 3.80. The zero-order chi connectivity index (χ0) is 14.2. The van der Waals surface area contributed by atoms with Gasteiger partial charge in [-0.2, -0.15) is 0 Å². The van der Waals surface area contributed by atoms with Crippen molar-refractivity contribution in [1.29, 1.82) is 0 Å². The minimum Gasteiger partial charge on any atom is -0.496 e. The molecule has 1 aromatic carbocycles. The van der Waals surface area contributed by atoms with Crippen molar-refractivity contribution in [2.24, 2.45) is 11.8 Å². The molecule has 0 aromatic heterocycles. The molecule has 1 fully saturated rings. The van der Waals surface area contributed by atoms with Crippen LogP contribution in [0.5, 0.6) is 5.75 Å². The molecule has 1 aliphatic carbocycles. The molecule has 2 rings (SSSR count). The van der Waals surface area contributed by atoms with Crippen molar-refractivity contribution in [2.75, 3.05) is 14.2 Å². The van der Waals surface area contributed by atoms with Gasteiger partial charge in [0.2, 0.25) is 0 Å². The topological polar surface area (TPSA) is 21.3 Å². The van der Waals surface area contributed by atoms with E-state index in [0.29, 0.717) is 12.0 Å². The zero-order valence-electron chi connectivity index (χ0n) is 12.5. The average Bonchev–Trinajstić information content (AvgIpc) is 3.20. The Morgan fingerprint density at radius 1 is 1.37 bits per heavy atom. The molecule has 1 N–H and O–H groups in total. The predicted octanol–water partition coefficient (Wildman–Crippen LogP) is 4.38. The van der Waals surface area contributed by atoms with Crippen LogP contribution in [0.25, 0.3) is 0 Å². The van der Waals surface area contributed by atoms with Crippen LogP contribution < -0.4 is 10.1 Å². The summed E-state index contributed by atoms with van der Waals surface area (Å²) in [7, 11) is 3.83. The van der Waals surface area contributed by atoms with Crippen LogP contribution in [0.1, 0.15) is 42.5 Å². The molecule has 19 heavy (non-hydrogen) atoms. The van der Waals surface area contributed by atoms with Crippen LogP contribution >= 0.6 is 15.9 Å². The van der Waals surface area contributed by atoms with Crippen molar-refractivity contribution in [3.05, 3.63) is 27.2 Å². The molecule has 2 atom stereocenters. The highest BCUT2D eigenvalue weighted by Crippen LogP contribution is 2.46. The number of aryl methyl sites for hydroxylation is 1. The number of hydrogen-bond donors (Lipinski definition) is 1. The van der Waals surface area contributed by atoms with Gasteiger partial charge in [-0.1, -0.05) is 22.9 Å². The Kier molecular flexibility index (Phi) is 4.57. The highest BCUT2D eigenvalue weighted by molar-refractivity contribution is 9.10. The Morgan fingerprint density at radius 3 is 2.47 bits per heavy atom. The fourth-order valence-electron chi connectivity index (χ4n) is 3.08. The van der Waals surface area contributed by atoms with Crippen LogP contribution in [0, 0.1) is 25.7 Å². The Balaban J connectivity index is 2.51. The highest BCUT2D eigenvalue weighted by atomic mass is 79.9. The fraction of sp³-hybridized carbons (Fsp3) is 0.625. The van der Waals surface area contributed by atoms with E-state index in [0.717, 1.165) is 11.7 Å². The van der Waals surface area contributed by atoms with Crippen LogP contribution in [0.2, 0.25) is 0 Å². The summed E-state index contributed by atoms with van der Waals surface area (Å²) >= 11 is 3.68. The molecule has 1 aromatic rings. The third-order valence-corrected chi connectivity index (χ3v) is 5.25. The van der Waals surface area contributed by atoms with Gasteiger partial charge in [-0.3, -0.25) is 0 Å². The van der Waals surface area contributed by atoms with Gasteiger partial charge in [0, 0.05) is 16.1 Å². The van der Waals surface area contributed by atoms with Crippen molar-refractivity contribution >= 4 is 15.9 Å². The molecule has 0 radical (unpaired) electrons. The van der Waals surface area contributed by atoms with E-state index in [9.17, 15) is 0 Å². The number of rotatable bonds is 5. The van der Waals surface area contributed by atoms with Crippen LogP contribution in [0.4, 0.5) is 0 Å². The summed E-state index contributed by atoms with van der Waals surface area (Å²) < 4.78 is 6.85. The van der Waals surface area contributed by atoms with Gasteiger partial charge in [-0.05, 0) is 62.8 Å². The number of ether oxygens (including phenoxy) is 1. The predicted molar refractivity (Wildman–Crippen MR) is 83.9 cm³/mol. The van der Waals surface area contributed by atoms with E-state index in [4.69, 9.17) is 4.74 Å². The fourth-order valence-corrected chi connectivity index (χ4v) is 3.64.